The lowest BCUT2D eigenvalue weighted by Crippen LogP contribution is -2.49. The quantitative estimate of drug-likeness (QED) is 0.760. The van der Waals surface area contributed by atoms with Gasteiger partial charge in [-0.15, -0.1) is 0 Å². The van der Waals surface area contributed by atoms with Gasteiger partial charge >= 0.3 is 0 Å². The normalized spacial score (nSPS) is 19.3. The summed E-state index contributed by atoms with van der Waals surface area (Å²) in [4.78, 5) is 0. The Hall–Kier alpha value is -0.860. The fraction of sp³-hybridized carbons (Fsp3) is 0.632. The van der Waals surface area contributed by atoms with Crippen LogP contribution >= 0.6 is 0 Å². The zero-order valence-electron chi connectivity index (χ0n) is 13.4. The molecule has 0 heterocycles. The Balaban J connectivity index is 1.75. The summed E-state index contributed by atoms with van der Waals surface area (Å²) in [6, 6.07) is 10.3. The molecule has 1 aromatic rings. The number of hydrogen-bond donors (Lipinski definition) is 2. The lowest BCUT2D eigenvalue weighted by Gasteiger charge is -2.39. The summed E-state index contributed by atoms with van der Waals surface area (Å²) in [7, 11) is 0. The first-order chi connectivity index (χ1) is 10.2. The monoisotopic (exact) mass is 288 g/mol. The number of hydrogen-bond acceptors (Lipinski definition) is 2. The van der Waals surface area contributed by atoms with Gasteiger partial charge in [0.25, 0.3) is 0 Å². The van der Waals surface area contributed by atoms with Crippen LogP contribution in [0.4, 0.5) is 0 Å². The van der Waals surface area contributed by atoms with Crippen molar-refractivity contribution < 1.29 is 5.11 Å². The summed E-state index contributed by atoms with van der Waals surface area (Å²) >= 11 is 0. The number of β-amino-alcohol motifs (C(OH)–C–C–N with tert-alkyl or cyclic N) is 1. The molecule has 1 saturated carbocycles. The van der Waals surface area contributed by atoms with E-state index in [1.54, 1.807) is 0 Å². The molecular weight excluding hydrogens is 258 g/mol. The summed E-state index contributed by atoms with van der Waals surface area (Å²) in [5.41, 5.74) is 1.55. The van der Waals surface area contributed by atoms with E-state index in [2.05, 4.69) is 24.4 Å². The molecule has 0 bridgehead atoms. The highest BCUT2D eigenvalue weighted by atomic mass is 16.3. The number of aliphatic hydroxyl groups excluding tert-OH is 1. The lowest BCUT2D eigenvalue weighted by molar-refractivity contribution is 0.152. The Morgan fingerprint density at radius 1 is 1.19 bits per heavy atom. The molecule has 0 amide bonds. The van der Waals surface area contributed by atoms with Crippen LogP contribution in [-0.2, 0) is 6.42 Å². The maximum Gasteiger partial charge on any atom is 0.0699 e. The first-order valence-corrected chi connectivity index (χ1v) is 8.54. The molecule has 1 aliphatic carbocycles. The van der Waals surface area contributed by atoms with Crippen LogP contribution in [0.3, 0.4) is 0 Å². The molecule has 2 heteroatoms. The molecule has 0 saturated heterocycles. The number of aliphatic hydroxyl groups is 1. The van der Waals surface area contributed by atoms with Gasteiger partial charge < -0.3 is 10.4 Å². The molecule has 1 atom stereocenters. The largest absolute Gasteiger partial charge is 0.391 e. The summed E-state index contributed by atoms with van der Waals surface area (Å²) in [5, 5.41) is 13.9. The van der Waals surface area contributed by atoms with Crippen LogP contribution in [-0.4, -0.2) is 23.3 Å². The van der Waals surface area contributed by atoms with E-state index in [0.717, 1.165) is 6.42 Å². The zero-order chi connectivity index (χ0) is 15.0. The standard InChI is InChI=1S/C19H30NO/c1-2-13-19(14-7-4-8-15-19)20-16-18(21)12-11-17-9-5-3-6-10-17/h3,5-6,9-10,12,18,20-21H,2,4,7-8,11,13-16H2,1H3/t18-/m1/s1. The van der Waals surface area contributed by atoms with Gasteiger partial charge in [0.15, 0.2) is 0 Å². The minimum atomic E-state index is -0.360. The third-order valence-corrected chi connectivity index (χ3v) is 4.69. The van der Waals surface area contributed by atoms with E-state index in [1.165, 1.54) is 50.5 Å². The topological polar surface area (TPSA) is 32.3 Å². The van der Waals surface area contributed by atoms with Crippen molar-refractivity contribution in [3.63, 3.8) is 0 Å². The van der Waals surface area contributed by atoms with Crippen LogP contribution in [0.1, 0.15) is 57.4 Å². The summed E-state index contributed by atoms with van der Waals surface area (Å²) in [6.07, 6.45) is 11.5. The molecule has 2 rings (SSSR count). The van der Waals surface area contributed by atoms with Crippen LogP contribution in [0.15, 0.2) is 30.3 Å². The zero-order valence-corrected chi connectivity index (χ0v) is 13.4. The summed E-state index contributed by atoms with van der Waals surface area (Å²) in [5.74, 6) is 0. The first-order valence-electron chi connectivity index (χ1n) is 8.54. The maximum atomic E-state index is 10.2. The third-order valence-electron chi connectivity index (χ3n) is 4.69. The lowest BCUT2D eigenvalue weighted by atomic mass is 9.78. The molecule has 2 nitrogen and oxygen atoms in total. The van der Waals surface area contributed by atoms with E-state index in [-0.39, 0.29) is 11.6 Å². The molecule has 117 valence electrons. The van der Waals surface area contributed by atoms with E-state index in [9.17, 15) is 5.11 Å². The Morgan fingerprint density at radius 3 is 2.57 bits per heavy atom. The van der Waals surface area contributed by atoms with Crippen molar-refractivity contribution >= 4 is 0 Å². The second-order valence-corrected chi connectivity index (χ2v) is 6.46. The van der Waals surface area contributed by atoms with Gasteiger partial charge in [-0.25, -0.2) is 0 Å². The van der Waals surface area contributed by atoms with Crippen LogP contribution < -0.4 is 5.32 Å². The molecule has 0 unspecified atom stereocenters. The van der Waals surface area contributed by atoms with Crippen molar-refractivity contribution in [1.29, 1.82) is 0 Å². The predicted molar refractivity (Wildman–Crippen MR) is 89.2 cm³/mol. The molecule has 0 aromatic heterocycles. The van der Waals surface area contributed by atoms with Gasteiger partial charge in [0.1, 0.15) is 0 Å². The van der Waals surface area contributed by atoms with Crippen molar-refractivity contribution in [3.05, 3.63) is 42.3 Å². The van der Waals surface area contributed by atoms with Crippen molar-refractivity contribution in [1.82, 2.24) is 5.32 Å². The average Bonchev–Trinajstić information content (AvgIpc) is 2.53. The van der Waals surface area contributed by atoms with Gasteiger partial charge in [-0.1, -0.05) is 62.9 Å². The van der Waals surface area contributed by atoms with E-state index >= 15 is 0 Å². The Kier molecular flexibility index (Phi) is 6.72. The van der Waals surface area contributed by atoms with Crippen molar-refractivity contribution in [3.8, 4) is 0 Å². The molecule has 2 N–H and O–H groups in total. The molecule has 1 radical (unpaired) electrons. The van der Waals surface area contributed by atoms with E-state index in [4.69, 9.17) is 0 Å². The fourth-order valence-electron chi connectivity index (χ4n) is 3.51. The predicted octanol–water partition coefficient (Wildman–Crippen LogP) is 3.89. The molecule has 1 aromatic carbocycles. The highest BCUT2D eigenvalue weighted by Crippen LogP contribution is 2.32. The SMILES string of the molecule is CCCC1(NC[C@H](O)[CH]Cc2ccccc2)CCCCC1. The number of benzene rings is 1. The van der Waals surface area contributed by atoms with Gasteiger partial charge in [-0.3, -0.25) is 0 Å². The second-order valence-electron chi connectivity index (χ2n) is 6.46. The average molecular weight is 288 g/mol. The Labute approximate surface area is 130 Å². The van der Waals surface area contributed by atoms with Gasteiger partial charge in [-0.05, 0) is 37.7 Å². The second kappa shape index (κ2) is 8.55. The fourth-order valence-corrected chi connectivity index (χ4v) is 3.51. The number of rotatable bonds is 8. The Morgan fingerprint density at radius 2 is 1.90 bits per heavy atom. The maximum absolute atomic E-state index is 10.2. The minimum absolute atomic E-state index is 0.286. The Bertz CT molecular complexity index is 378. The van der Waals surface area contributed by atoms with Gasteiger partial charge in [0.2, 0.25) is 0 Å². The van der Waals surface area contributed by atoms with Crippen LogP contribution in [0.5, 0.6) is 0 Å². The van der Waals surface area contributed by atoms with E-state index in [1.807, 2.05) is 24.6 Å². The van der Waals surface area contributed by atoms with Crippen LogP contribution in [0.25, 0.3) is 0 Å². The first kappa shape index (κ1) is 16.5. The van der Waals surface area contributed by atoms with Gasteiger partial charge in [0.05, 0.1) is 6.10 Å². The minimum Gasteiger partial charge on any atom is -0.391 e. The summed E-state index contributed by atoms with van der Waals surface area (Å²) < 4.78 is 0. The van der Waals surface area contributed by atoms with E-state index in [0.29, 0.717) is 6.54 Å². The van der Waals surface area contributed by atoms with Gasteiger partial charge in [-0.2, -0.15) is 0 Å². The van der Waals surface area contributed by atoms with Crippen molar-refractivity contribution in [2.45, 2.75) is 69.9 Å². The highest BCUT2D eigenvalue weighted by molar-refractivity contribution is 5.16. The third kappa shape index (κ3) is 5.44. The van der Waals surface area contributed by atoms with E-state index < -0.39 is 0 Å². The molecule has 0 spiro atoms. The van der Waals surface area contributed by atoms with Gasteiger partial charge in [0, 0.05) is 12.1 Å². The molecule has 1 aliphatic rings. The van der Waals surface area contributed by atoms with Crippen molar-refractivity contribution in [2.75, 3.05) is 6.54 Å². The van der Waals surface area contributed by atoms with Crippen molar-refractivity contribution in [2.24, 2.45) is 0 Å². The molecular formula is C19H30NO. The molecule has 0 aliphatic heterocycles. The smallest absolute Gasteiger partial charge is 0.0699 e. The summed E-state index contributed by atoms with van der Waals surface area (Å²) in [6.45, 7) is 2.95. The van der Waals surface area contributed by atoms with Crippen LogP contribution in [0, 0.1) is 6.42 Å². The highest BCUT2D eigenvalue weighted by Gasteiger charge is 2.30. The number of nitrogens with one attached hydrogen (secondary N) is 1. The molecule has 21 heavy (non-hydrogen) atoms. The van der Waals surface area contributed by atoms with Crippen LogP contribution in [0.2, 0.25) is 0 Å². The molecule has 1 fully saturated rings.